The third kappa shape index (κ3) is 5.54. The molecule has 0 atom stereocenters. The molecule has 4 aromatic rings. The predicted molar refractivity (Wildman–Crippen MR) is 142 cm³/mol. The smallest absolute Gasteiger partial charge is 0.324 e. The molecule has 4 rings (SSSR count). The first kappa shape index (κ1) is 25.7. The van der Waals surface area contributed by atoms with Crippen LogP contribution in [0.5, 0.6) is 0 Å². The van der Waals surface area contributed by atoms with Gasteiger partial charge < -0.3 is 5.11 Å². The normalized spacial score (nSPS) is 11.4. The molecule has 0 amide bonds. The second-order valence-corrected chi connectivity index (χ2v) is 10.8. The number of halogens is 2. The topological polar surface area (TPSA) is 91.8 Å². The Labute approximate surface area is 218 Å². The summed E-state index contributed by atoms with van der Waals surface area (Å²) in [4.78, 5) is 24.6. The molecule has 1 N–H and O–H groups in total. The molecule has 0 bridgehead atoms. The monoisotopic (exact) mass is 541 g/mol. The van der Waals surface area contributed by atoms with E-state index in [0.717, 1.165) is 9.87 Å². The van der Waals surface area contributed by atoms with Crippen molar-refractivity contribution in [2.75, 3.05) is 10.8 Å². The van der Waals surface area contributed by atoms with Crippen LogP contribution in [0.3, 0.4) is 0 Å². The number of ketones is 1. The van der Waals surface area contributed by atoms with Gasteiger partial charge in [-0.3, -0.25) is 13.9 Å². The van der Waals surface area contributed by atoms with E-state index in [1.54, 1.807) is 30.3 Å². The first-order valence-electron chi connectivity index (χ1n) is 11.0. The van der Waals surface area contributed by atoms with Crippen molar-refractivity contribution in [2.24, 2.45) is 0 Å². The zero-order valence-corrected chi connectivity index (χ0v) is 21.2. The Morgan fingerprint density at radius 3 is 2.11 bits per heavy atom. The minimum atomic E-state index is -4.37. The number of hydrogen-bond donors (Lipinski definition) is 1. The lowest BCUT2D eigenvalue weighted by Crippen LogP contribution is -2.36. The van der Waals surface area contributed by atoms with E-state index < -0.39 is 22.5 Å². The highest BCUT2D eigenvalue weighted by Gasteiger charge is 2.29. The van der Waals surface area contributed by atoms with Crippen LogP contribution >= 0.6 is 23.2 Å². The minimum absolute atomic E-state index is 0.0977. The number of carbonyl (C=O) groups is 2. The lowest BCUT2D eigenvalue weighted by Gasteiger charge is -2.25. The fourth-order valence-corrected chi connectivity index (χ4v) is 6.18. The number of benzene rings is 4. The van der Waals surface area contributed by atoms with Gasteiger partial charge in [-0.15, -0.1) is 0 Å². The van der Waals surface area contributed by atoms with Crippen molar-refractivity contribution in [3.8, 4) is 0 Å². The number of fused-ring (bicyclic) bond motifs is 1. The van der Waals surface area contributed by atoms with Gasteiger partial charge in [0, 0.05) is 27.4 Å². The van der Waals surface area contributed by atoms with E-state index in [9.17, 15) is 23.1 Å². The fraction of sp³-hybridized carbons (Fsp3) is 0.111. The Morgan fingerprint density at radius 2 is 1.44 bits per heavy atom. The van der Waals surface area contributed by atoms with Crippen molar-refractivity contribution in [1.29, 1.82) is 0 Å². The highest BCUT2D eigenvalue weighted by atomic mass is 35.5. The van der Waals surface area contributed by atoms with Crippen LogP contribution in [-0.4, -0.2) is 31.8 Å². The zero-order chi connectivity index (χ0) is 25.9. The maximum Gasteiger partial charge on any atom is 0.324 e. The zero-order valence-electron chi connectivity index (χ0n) is 18.9. The van der Waals surface area contributed by atoms with Gasteiger partial charge in [0.25, 0.3) is 10.0 Å². The summed E-state index contributed by atoms with van der Waals surface area (Å²) < 4.78 is 27.9. The van der Waals surface area contributed by atoms with E-state index in [4.69, 9.17) is 23.2 Å². The first-order valence-corrected chi connectivity index (χ1v) is 13.2. The summed E-state index contributed by atoms with van der Waals surface area (Å²) in [5.74, 6) is -1.45. The van der Waals surface area contributed by atoms with Crippen LogP contribution < -0.4 is 4.31 Å². The molecule has 0 aliphatic rings. The van der Waals surface area contributed by atoms with Crippen LogP contribution in [0.15, 0.2) is 89.8 Å². The van der Waals surface area contributed by atoms with Gasteiger partial charge in [-0.1, -0.05) is 83.9 Å². The Hall–Kier alpha value is -3.39. The Bertz CT molecular complexity index is 1540. The number of carbonyl (C=O) groups excluding carboxylic acids is 1. The summed E-state index contributed by atoms with van der Waals surface area (Å²) in [6.45, 7) is -0.836. The van der Waals surface area contributed by atoms with Crippen molar-refractivity contribution in [1.82, 2.24) is 0 Å². The van der Waals surface area contributed by atoms with Crippen molar-refractivity contribution < 1.29 is 23.1 Å². The van der Waals surface area contributed by atoms with Crippen molar-refractivity contribution in [3.05, 3.63) is 106 Å². The summed E-state index contributed by atoms with van der Waals surface area (Å²) in [6, 6.07) is 23.3. The Kier molecular flexibility index (Phi) is 7.64. The second-order valence-electron chi connectivity index (χ2n) is 8.10. The van der Waals surface area contributed by atoms with Gasteiger partial charge in [-0.2, -0.15) is 0 Å². The SMILES string of the molecule is O=C(O)CN(c1cccc2c(C(=O)CCc3ccccc3)cccc12)S(=O)(=O)c1cc(Cl)cc(Cl)c1. The molecule has 36 heavy (non-hydrogen) atoms. The molecular formula is C27H21Cl2NO5S. The molecule has 0 aliphatic heterocycles. The summed E-state index contributed by atoms with van der Waals surface area (Å²) in [5, 5.41) is 10.7. The molecule has 0 aromatic heterocycles. The van der Waals surface area contributed by atoms with Crippen molar-refractivity contribution in [2.45, 2.75) is 17.7 Å². The molecule has 0 fully saturated rings. The molecule has 0 radical (unpaired) electrons. The number of anilines is 1. The third-order valence-corrected chi connectivity index (χ3v) is 7.83. The van der Waals surface area contributed by atoms with Gasteiger partial charge in [0.05, 0.1) is 10.6 Å². The minimum Gasteiger partial charge on any atom is -0.480 e. The highest BCUT2D eigenvalue weighted by molar-refractivity contribution is 7.92. The molecule has 0 saturated heterocycles. The Morgan fingerprint density at radius 1 is 0.806 bits per heavy atom. The largest absolute Gasteiger partial charge is 0.480 e. The van der Waals surface area contributed by atoms with E-state index >= 15 is 0 Å². The average Bonchev–Trinajstić information content (AvgIpc) is 2.85. The molecule has 0 spiro atoms. The number of rotatable bonds is 9. The molecule has 4 aromatic carbocycles. The van der Waals surface area contributed by atoms with Gasteiger partial charge in [0.2, 0.25) is 0 Å². The van der Waals surface area contributed by atoms with Gasteiger partial charge in [-0.25, -0.2) is 8.42 Å². The van der Waals surface area contributed by atoms with E-state index in [1.807, 2.05) is 30.3 Å². The van der Waals surface area contributed by atoms with Crippen LogP contribution in [-0.2, 0) is 21.2 Å². The predicted octanol–water partition coefficient (Wildman–Crippen LogP) is 6.24. The number of aryl methyl sites for hydroxylation is 1. The van der Waals surface area contributed by atoms with Crippen molar-refractivity contribution in [3.63, 3.8) is 0 Å². The van der Waals surface area contributed by atoms with E-state index in [1.165, 1.54) is 24.3 Å². The molecule has 184 valence electrons. The molecule has 6 nitrogen and oxygen atoms in total. The quantitative estimate of drug-likeness (QED) is 0.253. The Balaban J connectivity index is 1.79. The van der Waals surface area contributed by atoms with Gasteiger partial charge in [-0.05, 0) is 41.6 Å². The number of carboxylic acids is 1. The molecule has 0 aliphatic carbocycles. The molecular weight excluding hydrogens is 521 g/mol. The van der Waals surface area contributed by atoms with Crippen LogP contribution in [0, 0.1) is 0 Å². The number of Topliss-reactive ketones (excluding diaryl/α,β-unsaturated/α-hetero) is 1. The summed E-state index contributed by atoms with van der Waals surface area (Å²) in [7, 11) is -4.37. The van der Waals surface area contributed by atoms with Crippen LogP contribution in [0.1, 0.15) is 22.3 Å². The first-order chi connectivity index (χ1) is 17.2. The summed E-state index contributed by atoms with van der Waals surface area (Å²) in [5.41, 5.74) is 1.60. The summed E-state index contributed by atoms with van der Waals surface area (Å²) in [6.07, 6.45) is 0.830. The highest BCUT2D eigenvalue weighted by Crippen LogP contribution is 2.34. The standard InChI is InChI=1S/C27H21Cl2NO5S/c28-19-14-20(29)16-21(15-19)36(34,35)30(17-27(32)33)25-11-5-8-22-23(25)9-4-10-24(22)26(31)13-12-18-6-2-1-3-7-18/h1-11,14-16H,12-13,17H2,(H,32,33). The van der Waals surface area contributed by atoms with Crippen LogP contribution in [0.4, 0.5) is 5.69 Å². The van der Waals surface area contributed by atoms with Gasteiger partial charge >= 0.3 is 5.97 Å². The lowest BCUT2D eigenvalue weighted by molar-refractivity contribution is -0.135. The van der Waals surface area contributed by atoms with Crippen LogP contribution in [0.2, 0.25) is 10.0 Å². The number of carboxylic acid groups (broad SMARTS) is 1. The molecule has 0 unspecified atom stereocenters. The van der Waals surface area contributed by atoms with E-state index in [0.29, 0.717) is 22.8 Å². The number of nitrogens with zero attached hydrogens (tertiary/aromatic N) is 1. The number of hydrogen-bond acceptors (Lipinski definition) is 4. The van der Waals surface area contributed by atoms with E-state index in [2.05, 4.69) is 0 Å². The second kappa shape index (κ2) is 10.7. The molecule has 0 heterocycles. The van der Waals surface area contributed by atoms with Crippen LogP contribution in [0.25, 0.3) is 10.8 Å². The average molecular weight is 542 g/mol. The maximum atomic E-state index is 13.6. The number of sulfonamides is 1. The fourth-order valence-electron chi connectivity index (χ4n) is 4.02. The summed E-state index contributed by atoms with van der Waals surface area (Å²) >= 11 is 12.0. The molecule has 0 saturated carbocycles. The van der Waals surface area contributed by atoms with E-state index in [-0.39, 0.29) is 32.8 Å². The number of aliphatic carboxylic acids is 1. The lowest BCUT2D eigenvalue weighted by atomic mass is 9.97. The maximum absolute atomic E-state index is 13.6. The van der Waals surface area contributed by atoms with Gasteiger partial charge in [0.15, 0.2) is 5.78 Å². The molecule has 9 heteroatoms. The third-order valence-electron chi connectivity index (χ3n) is 5.65. The van der Waals surface area contributed by atoms with Gasteiger partial charge in [0.1, 0.15) is 6.54 Å². The van der Waals surface area contributed by atoms with Crippen molar-refractivity contribution >= 4 is 61.4 Å².